The highest BCUT2D eigenvalue weighted by Gasteiger charge is 2.21. The van der Waals surface area contributed by atoms with E-state index in [0.29, 0.717) is 37.0 Å². The van der Waals surface area contributed by atoms with Crippen molar-refractivity contribution in [2.45, 2.75) is 20.3 Å². The number of amides is 2. The fourth-order valence-corrected chi connectivity index (χ4v) is 4.45. The largest absolute Gasteiger partial charge is 0.378 e. The molecule has 1 aromatic carbocycles. The molecule has 0 atom stereocenters. The van der Waals surface area contributed by atoms with Crippen molar-refractivity contribution in [2.75, 3.05) is 31.6 Å². The van der Waals surface area contributed by atoms with Gasteiger partial charge in [-0.05, 0) is 43.2 Å². The van der Waals surface area contributed by atoms with E-state index in [1.165, 1.54) is 11.3 Å². The Morgan fingerprint density at radius 1 is 1.23 bits per heavy atom. The fraction of sp³-hybridized carbons (Fsp3) is 0.304. The second kappa shape index (κ2) is 9.25. The molecular weight excluding hydrogens is 410 g/mol. The molecule has 0 unspecified atom stereocenters. The van der Waals surface area contributed by atoms with E-state index >= 15 is 0 Å². The quantitative estimate of drug-likeness (QED) is 0.655. The third-order valence-electron chi connectivity index (χ3n) is 5.04. The number of hydrogen-bond acceptors (Lipinski definition) is 6. The van der Waals surface area contributed by atoms with Crippen molar-refractivity contribution in [3.05, 3.63) is 53.3 Å². The first kappa shape index (κ1) is 21.0. The maximum absolute atomic E-state index is 12.7. The van der Waals surface area contributed by atoms with Gasteiger partial charge in [-0.1, -0.05) is 30.4 Å². The predicted octanol–water partition coefficient (Wildman–Crippen LogP) is 4.48. The van der Waals surface area contributed by atoms with Crippen LogP contribution in [0.15, 0.2) is 36.4 Å². The highest BCUT2D eigenvalue weighted by Crippen LogP contribution is 2.39. The van der Waals surface area contributed by atoms with Crippen molar-refractivity contribution < 1.29 is 9.53 Å². The summed E-state index contributed by atoms with van der Waals surface area (Å²) >= 11 is 1.43. The van der Waals surface area contributed by atoms with Gasteiger partial charge in [0.15, 0.2) is 5.13 Å². The summed E-state index contributed by atoms with van der Waals surface area (Å²) in [7, 11) is 0. The Labute approximate surface area is 185 Å². The average molecular weight is 434 g/mol. The molecule has 4 rings (SSSR count). The zero-order chi connectivity index (χ0) is 21.8. The lowest BCUT2D eigenvalue weighted by Gasteiger charge is -2.26. The lowest BCUT2D eigenvalue weighted by molar-refractivity contribution is 0.0564. The number of urea groups is 1. The molecule has 1 N–H and O–H groups in total. The molecule has 0 bridgehead atoms. The fourth-order valence-electron chi connectivity index (χ4n) is 3.49. The summed E-state index contributed by atoms with van der Waals surface area (Å²) in [6.45, 7) is 6.25. The molecule has 8 heteroatoms. The first-order valence-electron chi connectivity index (χ1n) is 10.2. The van der Waals surface area contributed by atoms with Gasteiger partial charge in [-0.15, -0.1) is 0 Å². The van der Waals surface area contributed by atoms with Crippen LogP contribution >= 0.6 is 11.3 Å². The Hall–Kier alpha value is -3.28. The summed E-state index contributed by atoms with van der Waals surface area (Å²) in [4.78, 5) is 24.7. The van der Waals surface area contributed by atoms with Crippen LogP contribution in [0.3, 0.4) is 0 Å². The number of nitriles is 1. The smallest absolute Gasteiger partial charge is 0.323 e. The maximum Gasteiger partial charge on any atom is 0.323 e. The Bertz CT molecular complexity index is 1150. The minimum absolute atomic E-state index is 0.180. The highest BCUT2D eigenvalue weighted by molar-refractivity contribution is 7.19. The summed E-state index contributed by atoms with van der Waals surface area (Å²) in [6.07, 6.45) is 0.827. The van der Waals surface area contributed by atoms with Crippen molar-refractivity contribution >= 4 is 22.5 Å². The van der Waals surface area contributed by atoms with Gasteiger partial charge >= 0.3 is 6.03 Å². The minimum Gasteiger partial charge on any atom is -0.378 e. The minimum atomic E-state index is -0.180. The normalized spacial score (nSPS) is 13.6. The zero-order valence-corrected chi connectivity index (χ0v) is 18.3. The number of aryl methyl sites for hydroxylation is 2. The number of rotatable bonds is 4. The van der Waals surface area contributed by atoms with Crippen molar-refractivity contribution in [3.8, 4) is 27.8 Å². The number of aromatic nitrogens is 2. The maximum atomic E-state index is 12.7. The summed E-state index contributed by atoms with van der Waals surface area (Å²) < 4.78 is 5.33. The van der Waals surface area contributed by atoms with Gasteiger partial charge in [-0.2, -0.15) is 5.26 Å². The van der Waals surface area contributed by atoms with Crippen LogP contribution in [0.25, 0.3) is 21.7 Å². The van der Waals surface area contributed by atoms with Crippen LogP contribution in [0.4, 0.5) is 9.93 Å². The molecule has 0 spiro atoms. The molecule has 0 aliphatic carbocycles. The van der Waals surface area contributed by atoms with Crippen LogP contribution in [0.5, 0.6) is 0 Å². The topological polar surface area (TPSA) is 91.1 Å². The number of anilines is 1. The van der Waals surface area contributed by atoms with Gasteiger partial charge < -0.3 is 9.64 Å². The molecule has 7 nitrogen and oxygen atoms in total. The third kappa shape index (κ3) is 4.74. The molecule has 3 heterocycles. The van der Waals surface area contributed by atoms with E-state index in [9.17, 15) is 10.1 Å². The van der Waals surface area contributed by atoms with E-state index < -0.39 is 0 Å². The van der Waals surface area contributed by atoms with Gasteiger partial charge in [-0.25, -0.2) is 9.78 Å². The number of morpholine rings is 1. The van der Waals surface area contributed by atoms with Gasteiger partial charge in [0.25, 0.3) is 0 Å². The Balaban J connectivity index is 1.75. The van der Waals surface area contributed by atoms with E-state index in [-0.39, 0.29) is 6.03 Å². The Morgan fingerprint density at radius 3 is 2.77 bits per heavy atom. The molecule has 0 saturated carbocycles. The Kier molecular flexibility index (Phi) is 6.26. The van der Waals surface area contributed by atoms with E-state index in [4.69, 9.17) is 9.72 Å². The number of carbonyl (C=O) groups excluding carboxylic acids is 1. The number of thiazole rings is 1. The van der Waals surface area contributed by atoms with Crippen molar-refractivity contribution in [1.29, 1.82) is 5.26 Å². The molecule has 1 fully saturated rings. The summed E-state index contributed by atoms with van der Waals surface area (Å²) in [6, 6.07) is 13.5. The molecule has 158 valence electrons. The standard InChI is InChI=1S/C23H23N5O2S/c1-3-19-13-18(11-15(2)25-19)21-20(17-6-4-5-16(12-17)14-24)26-22(31-21)27-23(29)28-7-9-30-10-8-28/h4-6,11-13H,3,7-10H2,1-2H3,(H,26,27,29). The number of nitrogens with one attached hydrogen (secondary N) is 1. The van der Waals surface area contributed by atoms with Crippen LogP contribution in [-0.4, -0.2) is 47.2 Å². The predicted molar refractivity (Wildman–Crippen MR) is 121 cm³/mol. The summed E-state index contributed by atoms with van der Waals surface area (Å²) in [5, 5.41) is 12.8. The molecule has 1 aliphatic rings. The Morgan fingerprint density at radius 2 is 2.03 bits per heavy atom. The lowest BCUT2D eigenvalue weighted by atomic mass is 10.0. The van der Waals surface area contributed by atoms with E-state index in [1.807, 2.05) is 31.2 Å². The van der Waals surface area contributed by atoms with Crippen LogP contribution in [0, 0.1) is 18.3 Å². The van der Waals surface area contributed by atoms with E-state index in [1.54, 1.807) is 11.0 Å². The molecule has 2 aromatic heterocycles. The zero-order valence-electron chi connectivity index (χ0n) is 17.5. The SMILES string of the molecule is CCc1cc(-c2sc(NC(=O)N3CCOCC3)nc2-c2cccc(C#N)c2)cc(C)n1. The van der Waals surface area contributed by atoms with Crippen LogP contribution in [0.2, 0.25) is 0 Å². The molecule has 1 saturated heterocycles. The lowest BCUT2D eigenvalue weighted by Crippen LogP contribution is -2.43. The second-order valence-corrected chi connectivity index (χ2v) is 8.26. The number of carbonyl (C=O) groups is 1. The first-order chi connectivity index (χ1) is 15.1. The van der Waals surface area contributed by atoms with Gasteiger partial charge in [0, 0.05) is 30.0 Å². The summed E-state index contributed by atoms with van der Waals surface area (Å²) in [5.41, 5.74) is 5.08. The highest BCUT2D eigenvalue weighted by atomic mass is 32.1. The molecule has 3 aromatic rings. The van der Waals surface area contributed by atoms with Gasteiger partial charge in [-0.3, -0.25) is 10.3 Å². The average Bonchev–Trinajstić information content (AvgIpc) is 3.23. The molecule has 0 radical (unpaired) electrons. The second-order valence-electron chi connectivity index (χ2n) is 7.26. The van der Waals surface area contributed by atoms with Crippen LogP contribution in [0.1, 0.15) is 23.9 Å². The monoisotopic (exact) mass is 433 g/mol. The number of ether oxygens (including phenoxy) is 1. The third-order valence-corrected chi connectivity index (χ3v) is 6.06. The molecule has 2 amide bonds. The first-order valence-corrected chi connectivity index (χ1v) is 11.0. The van der Waals surface area contributed by atoms with Gasteiger partial charge in [0.1, 0.15) is 0 Å². The number of nitrogens with zero attached hydrogens (tertiary/aromatic N) is 4. The molecular formula is C23H23N5O2S. The molecule has 31 heavy (non-hydrogen) atoms. The van der Waals surface area contributed by atoms with E-state index in [0.717, 1.165) is 39.5 Å². The van der Waals surface area contributed by atoms with Crippen molar-refractivity contribution in [1.82, 2.24) is 14.9 Å². The van der Waals surface area contributed by atoms with Crippen LogP contribution < -0.4 is 5.32 Å². The van der Waals surface area contributed by atoms with Crippen molar-refractivity contribution in [3.63, 3.8) is 0 Å². The number of pyridine rings is 1. The van der Waals surface area contributed by atoms with E-state index in [2.05, 4.69) is 29.4 Å². The van der Waals surface area contributed by atoms with Crippen LogP contribution in [-0.2, 0) is 11.2 Å². The number of benzene rings is 1. The van der Waals surface area contributed by atoms with Gasteiger partial charge in [0.05, 0.1) is 35.4 Å². The number of hydrogen-bond donors (Lipinski definition) is 1. The van der Waals surface area contributed by atoms with Gasteiger partial charge in [0.2, 0.25) is 0 Å². The summed E-state index contributed by atoms with van der Waals surface area (Å²) in [5.74, 6) is 0. The molecule has 1 aliphatic heterocycles. The van der Waals surface area contributed by atoms with Crippen molar-refractivity contribution in [2.24, 2.45) is 0 Å².